The Bertz CT molecular complexity index is 4180. The number of carbonyl (C=O) groups excluding carboxylic acids is 1. The monoisotopic (exact) mass is 1540 g/mol. The first-order chi connectivity index (χ1) is 47.5. The Labute approximate surface area is 643 Å². The molecular weight excluding hydrogens is 1460 g/mol. The minimum absolute atomic E-state index is 0.0473. The van der Waals surface area contributed by atoms with Gasteiger partial charge in [-0.3, -0.25) is 4.79 Å². The third-order valence-electron chi connectivity index (χ3n) is 13.9. The number of aromatic hydroxyl groups is 1. The lowest BCUT2D eigenvalue weighted by atomic mass is 10.1. The van der Waals surface area contributed by atoms with Gasteiger partial charge in [-0.2, -0.15) is 0 Å². The molecule has 0 aromatic heterocycles. The van der Waals surface area contributed by atoms with Gasteiger partial charge in [0.2, 0.25) is 5.91 Å². The number of nitrogens with one attached hydrogen (secondary N) is 1. The molecule has 11 aromatic carbocycles. The van der Waals surface area contributed by atoms with Gasteiger partial charge in [0.25, 0.3) is 0 Å². The maximum atomic E-state index is 10.7. The number of benzene rings is 11. The van der Waals surface area contributed by atoms with E-state index in [4.69, 9.17) is 146 Å². The lowest BCUT2D eigenvalue weighted by molar-refractivity contribution is -0.114. The minimum atomic E-state index is -0.110. The normalized spacial score (nSPS) is 9.68. The molecule has 538 valence electrons. The van der Waals surface area contributed by atoms with Crippen molar-refractivity contribution in [3.8, 4) is 28.7 Å². The number of nitrogen functional groups attached to an aromatic ring is 3. The number of amides is 1. The minimum Gasteiger partial charge on any atom is -0.505 e. The first kappa shape index (κ1) is 89.2. The molecule has 0 aliphatic carbocycles. The average molecular weight is 1550 g/mol. The van der Waals surface area contributed by atoms with Crippen LogP contribution < -0.4 is 41.5 Å². The Morgan fingerprint density at radius 1 is 0.347 bits per heavy atom. The second kappa shape index (κ2) is 46.6. The number of phenols is 1. The van der Waals surface area contributed by atoms with Crippen LogP contribution in [0.1, 0.15) is 73.7 Å². The number of methoxy groups -OCH3 is 4. The number of phenolic OH excluding ortho intramolecular Hbond substituents is 1. The third kappa shape index (κ3) is 33.7. The molecular formula is C82H91Cl9N4O6. The highest BCUT2D eigenvalue weighted by molar-refractivity contribution is 6.39. The second-order valence-electron chi connectivity index (χ2n) is 22.9. The van der Waals surface area contributed by atoms with E-state index < -0.39 is 0 Å². The van der Waals surface area contributed by atoms with E-state index >= 15 is 0 Å². The van der Waals surface area contributed by atoms with Crippen molar-refractivity contribution in [2.75, 3.05) is 51.0 Å². The summed E-state index contributed by atoms with van der Waals surface area (Å²) in [6, 6.07) is 62.4. The highest BCUT2D eigenvalue weighted by Crippen LogP contribution is 2.35. The summed E-state index contributed by atoms with van der Waals surface area (Å²) < 4.78 is 20.2. The van der Waals surface area contributed by atoms with Gasteiger partial charge in [0, 0.05) is 13.0 Å². The van der Waals surface area contributed by atoms with E-state index in [1.807, 2.05) is 120 Å². The molecule has 8 N–H and O–H groups in total. The van der Waals surface area contributed by atoms with Gasteiger partial charge in [-0.15, -0.1) is 0 Å². The van der Waals surface area contributed by atoms with Crippen molar-refractivity contribution in [3.05, 3.63) is 306 Å². The van der Waals surface area contributed by atoms with Gasteiger partial charge in [0.05, 0.1) is 96.4 Å². The molecule has 10 nitrogen and oxygen atoms in total. The molecule has 0 fully saturated rings. The fourth-order valence-electron chi connectivity index (χ4n) is 8.80. The van der Waals surface area contributed by atoms with Crippen molar-refractivity contribution in [1.82, 2.24) is 0 Å². The van der Waals surface area contributed by atoms with Gasteiger partial charge in [0.15, 0.2) is 11.5 Å². The molecule has 0 radical (unpaired) electrons. The maximum absolute atomic E-state index is 10.7. The van der Waals surface area contributed by atoms with Crippen LogP contribution in [-0.2, 0) is 4.79 Å². The Hall–Kier alpha value is -7.84. The van der Waals surface area contributed by atoms with Crippen molar-refractivity contribution in [2.45, 2.75) is 90.0 Å². The zero-order valence-electron chi connectivity index (χ0n) is 60.1. The molecule has 0 aliphatic heterocycles. The van der Waals surface area contributed by atoms with Crippen LogP contribution in [0.3, 0.4) is 0 Å². The molecule has 101 heavy (non-hydrogen) atoms. The lowest BCUT2D eigenvalue weighted by Crippen LogP contribution is -2.05. The van der Waals surface area contributed by atoms with Crippen molar-refractivity contribution in [3.63, 3.8) is 0 Å². The van der Waals surface area contributed by atoms with E-state index in [0.29, 0.717) is 73.7 Å². The standard InChI is InChI=1S/C11H10.C10H14O.C9H10ClNO.C8H8Cl2O.C8H10ClNO.C8H10O.C7H7Cl2N.C7H6Cl2O.C7H8ClN.C7H8/c1-9-5-4-7-10-6-2-3-8-11(9)10;1-7-5-8(2)10(11-4)9(3)6-7;1-6-3-4-9(8(10)5-6)11-7(2)12;1-5-3-6(9)8(11-2)7(10)4-5;1-5-3-6(9)7(10)4-8(5)11-2;1-7-3-5-8(9-2)6-4-7;2*1-4-2-5(8)7(10)6(9)3-4;1-5-2-3-7(9)6(8)4-5;1-7-5-3-2-4-6-7/h2-8H,1H3;5-6H,1-4H3;3-5H,1-2H3,(H,11,12);3-4H,1-2H3;3-4H,10H2,1-2H3;3-6H,1-2H3;2-3H,10H2,1H3;2-3,10H,1H3;2-4H,9H2,1H3;2-6H,1H3. The van der Waals surface area contributed by atoms with E-state index in [2.05, 4.69) is 114 Å². The summed E-state index contributed by atoms with van der Waals surface area (Å²) in [5, 5.41) is 18.9. The number of fused-ring (bicyclic) bond motifs is 1. The summed E-state index contributed by atoms with van der Waals surface area (Å²) >= 11 is 51.6. The predicted molar refractivity (Wildman–Crippen MR) is 439 cm³/mol. The topological polar surface area (TPSA) is 164 Å². The third-order valence-corrected chi connectivity index (χ3v) is 16.6. The number of nitrogens with two attached hydrogens (primary N) is 3. The number of carbonyl (C=O) groups is 1. The lowest BCUT2D eigenvalue weighted by Gasteiger charge is -2.08. The summed E-state index contributed by atoms with van der Waals surface area (Å²) in [5.41, 5.74) is 32.6. The van der Waals surface area contributed by atoms with Gasteiger partial charge in [-0.1, -0.05) is 230 Å². The summed E-state index contributed by atoms with van der Waals surface area (Å²) in [7, 11) is 6.54. The zero-order chi connectivity index (χ0) is 76.2. The number of ether oxygens (including phenoxy) is 4. The van der Waals surface area contributed by atoms with E-state index in [1.165, 1.54) is 51.1 Å². The van der Waals surface area contributed by atoms with Gasteiger partial charge >= 0.3 is 0 Å². The Balaban J connectivity index is 0.000000382. The number of halogens is 9. The van der Waals surface area contributed by atoms with Crippen LogP contribution in [-0.4, -0.2) is 39.5 Å². The Morgan fingerprint density at radius 2 is 0.762 bits per heavy atom. The molecule has 1 amide bonds. The molecule has 0 unspecified atom stereocenters. The van der Waals surface area contributed by atoms with Gasteiger partial charge in [-0.25, -0.2) is 0 Å². The predicted octanol–water partition coefficient (Wildman–Crippen LogP) is 26.0. The molecule has 0 atom stereocenters. The van der Waals surface area contributed by atoms with E-state index in [1.54, 1.807) is 77.0 Å². The van der Waals surface area contributed by atoms with E-state index in [9.17, 15) is 4.79 Å². The number of aryl methyl sites for hydroxylation is 12. The molecule has 0 aliphatic rings. The van der Waals surface area contributed by atoms with Crippen LogP contribution in [0.2, 0.25) is 45.2 Å². The largest absolute Gasteiger partial charge is 0.505 e. The molecule has 0 spiro atoms. The summed E-state index contributed by atoms with van der Waals surface area (Å²) in [6.07, 6.45) is 0. The summed E-state index contributed by atoms with van der Waals surface area (Å²) in [6.45, 7) is 25.5. The first-order valence-electron chi connectivity index (χ1n) is 31.2. The summed E-state index contributed by atoms with van der Waals surface area (Å²) in [5.74, 6) is 3.08. The number of anilines is 4. The summed E-state index contributed by atoms with van der Waals surface area (Å²) in [4.78, 5) is 10.7. The van der Waals surface area contributed by atoms with Crippen molar-refractivity contribution < 1.29 is 28.8 Å². The molecule has 0 saturated carbocycles. The van der Waals surface area contributed by atoms with Gasteiger partial charge in [0.1, 0.15) is 17.2 Å². The van der Waals surface area contributed by atoms with Crippen molar-refractivity contribution in [1.29, 1.82) is 0 Å². The van der Waals surface area contributed by atoms with Crippen LogP contribution in [0.5, 0.6) is 28.7 Å². The van der Waals surface area contributed by atoms with E-state index in [-0.39, 0.29) is 11.7 Å². The van der Waals surface area contributed by atoms with Crippen LogP contribution in [0, 0.1) is 83.1 Å². The molecule has 0 heterocycles. The number of hydrogen-bond acceptors (Lipinski definition) is 9. The second-order valence-corrected chi connectivity index (χ2v) is 26.6. The average Bonchev–Trinajstić information content (AvgIpc) is 0.868. The zero-order valence-corrected chi connectivity index (χ0v) is 66.9. The van der Waals surface area contributed by atoms with Crippen LogP contribution in [0.25, 0.3) is 10.8 Å². The van der Waals surface area contributed by atoms with Gasteiger partial charge in [-0.05, 0) is 223 Å². The SMILES string of the molecule is CC(=O)Nc1ccc(C)cc1Cl.COc1c(C)cc(C)cc1C.COc1c(Cl)cc(C)cc1Cl.COc1cc(N)c(Cl)cc1C.COc1ccc(C)cc1.Cc1cc(Cl)c(N)c(Cl)c1.Cc1cc(Cl)c(O)c(Cl)c1.Cc1ccc(N)c(Cl)c1.Cc1cccc2ccccc12.Cc1ccccc1. The fourth-order valence-corrected chi connectivity index (χ4v) is 11.5. The number of rotatable bonds is 5. The van der Waals surface area contributed by atoms with E-state index in [0.717, 1.165) is 50.6 Å². The van der Waals surface area contributed by atoms with Crippen LogP contribution in [0.4, 0.5) is 22.7 Å². The van der Waals surface area contributed by atoms with Crippen LogP contribution in [0.15, 0.2) is 194 Å². The van der Waals surface area contributed by atoms with Crippen molar-refractivity contribution in [2.24, 2.45) is 0 Å². The van der Waals surface area contributed by atoms with Crippen LogP contribution >= 0.6 is 104 Å². The Kier molecular flexibility index (Phi) is 41.2. The van der Waals surface area contributed by atoms with Crippen molar-refractivity contribution >= 4 is 144 Å². The molecule has 11 aromatic rings. The highest BCUT2D eigenvalue weighted by Gasteiger charge is 2.08. The molecule has 0 bridgehead atoms. The Morgan fingerprint density at radius 3 is 1.20 bits per heavy atom. The molecule has 0 saturated heterocycles. The molecule has 19 heteroatoms. The van der Waals surface area contributed by atoms with Gasteiger partial charge < -0.3 is 46.6 Å². The fraction of sp³-hybridized carbons (Fsp3) is 0.207. The quantitative estimate of drug-likeness (QED) is 0.106. The smallest absolute Gasteiger partial charge is 0.221 e. The maximum Gasteiger partial charge on any atom is 0.221 e. The number of hydrogen-bond donors (Lipinski definition) is 5. The first-order valence-corrected chi connectivity index (χ1v) is 34.6. The molecule has 11 rings (SSSR count). The highest BCUT2D eigenvalue weighted by atomic mass is 35.5.